The maximum absolute atomic E-state index is 12.9. The van der Waals surface area contributed by atoms with Crippen molar-refractivity contribution in [1.82, 2.24) is 10.2 Å². The van der Waals surface area contributed by atoms with Gasteiger partial charge in [0.2, 0.25) is 5.91 Å². The smallest absolute Gasteiger partial charge is 0.323 e. The summed E-state index contributed by atoms with van der Waals surface area (Å²) in [7, 11) is 0. The molecule has 1 aliphatic heterocycles. The summed E-state index contributed by atoms with van der Waals surface area (Å²) >= 11 is 0. The van der Waals surface area contributed by atoms with Crippen LogP contribution >= 0.6 is 0 Å². The number of carbonyl (C=O) groups is 3. The largest absolute Gasteiger partial charge is 0.325 e. The summed E-state index contributed by atoms with van der Waals surface area (Å²) in [6.07, 6.45) is 3.23. The Kier molecular flexibility index (Phi) is 4.86. The van der Waals surface area contributed by atoms with E-state index in [2.05, 4.69) is 10.6 Å². The van der Waals surface area contributed by atoms with E-state index in [-0.39, 0.29) is 17.3 Å². The fourth-order valence-corrected chi connectivity index (χ4v) is 3.87. The summed E-state index contributed by atoms with van der Waals surface area (Å²) in [6, 6.07) is 3.82. The van der Waals surface area contributed by atoms with Gasteiger partial charge in [0, 0.05) is 6.07 Å². The number of rotatable bonds is 4. The Labute approximate surface area is 156 Å². The number of nitro groups is 1. The number of carbonyl (C=O) groups excluding carboxylic acids is 3. The zero-order chi connectivity index (χ0) is 19.8. The molecule has 1 spiro atoms. The maximum atomic E-state index is 12.9. The molecule has 3 rings (SSSR count). The molecule has 2 unspecified atom stereocenters. The highest BCUT2D eigenvalue weighted by Crippen LogP contribution is 2.38. The monoisotopic (exact) mass is 374 g/mol. The molecule has 9 heteroatoms. The first-order valence-corrected chi connectivity index (χ1v) is 8.93. The van der Waals surface area contributed by atoms with Gasteiger partial charge in [-0.05, 0) is 37.3 Å². The van der Waals surface area contributed by atoms with E-state index in [1.54, 1.807) is 13.0 Å². The van der Waals surface area contributed by atoms with Gasteiger partial charge in [0.1, 0.15) is 17.8 Å². The van der Waals surface area contributed by atoms with Crippen LogP contribution in [0.4, 0.5) is 16.2 Å². The number of imide groups is 1. The Hall–Kier alpha value is -2.97. The first-order chi connectivity index (χ1) is 12.7. The Bertz CT molecular complexity index is 824. The number of aryl methyl sites for hydroxylation is 1. The van der Waals surface area contributed by atoms with Crippen LogP contribution < -0.4 is 10.6 Å². The van der Waals surface area contributed by atoms with Gasteiger partial charge in [-0.2, -0.15) is 0 Å². The summed E-state index contributed by atoms with van der Waals surface area (Å²) in [4.78, 5) is 49.0. The number of hydrogen-bond donors (Lipinski definition) is 2. The van der Waals surface area contributed by atoms with Crippen molar-refractivity contribution in [2.75, 3.05) is 11.9 Å². The second-order valence-corrected chi connectivity index (χ2v) is 7.27. The van der Waals surface area contributed by atoms with E-state index in [1.807, 2.05) is 6.92 Å². The van der Waals surface area contributed by atoms with Crippen molar-refractivity contribution in [3.63, 3.8) is 0 Å². The van der Waals surface area contributed by atoms with Crippen LogP contribution in [-0.4, -0.2) is 39.8 Å². The number of amides is 4. The second-order valence-electron chi connectivity index (χ2n) is 7.27. The molecule has 0 aromatic heterocycles. The molecule has 1 saturated heterocycles. The first kappa shape index (κ1) is 18.8. The zero-order valence-electron chi connectivity index (χ0n) is 15.3. The lowest BCUT2D eigenvalue weighted by Gasteiger charge is -2.36. The van der Waals surface area contributed by atoms with Crippen molar-refractivity contribution in [3.05, 3.63) is 33.9 Å². The lowest BCUT2D eigenvalue weighted by atomic mass is 9.73. The predicted octanol–water partition coefficient (Wildman–Crippen LogP) is 2.34. The third-order valence-corrected chi connectivity index (χ3v) is 5.43. The minimum atomic E-state index is -0.939. The average molecular weight is 374 g/mol. The van der Waals surface area contributed by atoms with Crippen molar-refractivity contribution in [2.24, 2.45) is 5.92 Å². The van der Waals surface area contributed by atoms with Crippen molar-refractivity contribution in [2.45, 2.75) is 45.1 Å². The number of nitrogens with zero attached hydrogens (tertiary/aromatic N) is 2. The molecule has 0 bridgehead atoms. The molecule has 2 aliphatic rings. The molecule has 1 saturated carbocycles. The van der Waals surface area contributed by atoms with Gasteiger partial charge < -0.3 is 10.6 Å². The molecule has 27 heavy (non-hydrogen) atoms. The quantitative estimate of drug-likeness (QED) is 0.476. The zero-order valence-corrected chi connectivity index (χ0v) is 15.3. The van der Waals surface area contributed by atoms with Crippen LogP contribution in [0.2, 0.25) is 0 Å². The second kappa shape index (κ2) is 6.98. The topological polar surface area (TPSA) is 122 Å². The van der Waals surface area contributed by atoms with Gasteiger partial charge in [0.25, 0.3) is 11.6 Å². The molecule has 1 aromatic carbocycles. The van der Waals surface area contributed by atoms with Crippen LogP contribution in [0.5, 0.6) is 0 Å². The lowest BCUT2D eigenvalue weighted by Crippen LogP contribution is -2.54. The molecule has 2 N–H and O–H groups in total. The van der Waals surface area contributed by atoms with E-state index in [0.717, 1.165) is 24.2 Å². The SMILES string of the molecule is Cc1ccc(NC(=O)CN2C(=O)NC3(CCCCC3C)C2=O)c([N+](=O)[O-])c1. The molecule has 2 fully saturated rings. The first-order valence-electron chi connectivity index (χ1n) is 8.93. The minimum absolute atomic E-state index is 0.00560. The van der Waals surface area contributed by atoms with Crippen LogP contribution in [0.1, 0.15) is 38.2 Å². The maximum Gasteiger partial charge on any atom is 0.325 e. The fraction of sp³-hybridized carbons (Fsp3) is 0.500. The van der Waals surface area contributed by atoms with Gasteiger partial charge in [-0.3, -0.25) is 24.6 Å². The van der Waals surface area contributed by atoms with E-state index < -0.39 is 34.9 Å². The van der Waals surface area contributed by atoms with E-state index in [9.17, 15) is 24.5 Å². The highest BCUT2D eigenvalue weighted by molar-refractivity contribution is 6.10. The van der Waals surface area contributed by atoms with Crippen LogP contribution in [0.15, 0.2) is 18.2 Å². The summed E-state index contributed by atoms with van der Waals surface area (Å²) < 4.78 is 0. The van der Waals surface area contributed by atoms with E-state index in [0.29, 0.717) is 12.0 Å². The van der Waals surface area contributed by atoms with Crippen molar-refractivity contribution >= 4 is 29.2 Å². The Morgan fingerprint density at radius 3 is 2.81 bits per heavy atom. The number of nitro benzene ring substituents is 1. The highest BCUT2D eigenvalue weighted by Gasteiger charge is 2.55. The van der Waals surface area contributed by atoms with Crippen LogP contribution in [-0.2, 0) is 9.59 Å². The molecule has 1 aliphatic carbocycles. The summed E-state index contributed by atoms with van der Waals surface area (Å²) in [6.45, 7) is 3.15. The Morgan fingerprint density at radius 1 is 1.41 bits per heavy atom. The predicted molar refractivity (Wildman–Crippen MR) is 97.1 cm³/mol. The third kappa shape index (κ3) is 3.36. The lowest BCUT2D eigenvalue weighted by molar-refractivity contribution is -0.384. The molecule has 144 valence electrons. The summed E-state index contributed by atoms with van der Waals surface area (Å²) in [5.74, 6) is -1.06. The standard InChI is InChI=1S/C18H22N4O5/c1-11-6-7-13(14(9-11)22(26)27)19-15(23)10-21-16(24)18(20-17(21)25)8-4-3-5-12(18)2/h6-7,9,12H,3-5,8,10H2,1-2H3,(H,19,23)(H,20,25). The van der Waals surface area contributed by atoms with E-state index >= 15 is 0 Å². The van der Waals surface area contributed by atoms with Gasteiger partial charge in [0.15, 0.2) is 0 Å². The molecule has 1 heterocycles. The van der Waals surface area contributed by atoms with Crippen LogP contribution in [0.3, 0.4) is 0 Å². The highest BCUT2D eigenvalue weighted by atomic mass is 16.6. The molecule has 9 nitrogen and oxygen atoms in total. The van der Waals surface area contributed by atoms with Crippen molar-refractivity contribution in [1.29, 1.82) is 0 Å². The number of benzene rings is 1. The number of urea groups is 1. The van der Waals surface area contributed by atoms with E-state index in [4.69, 9.17) is 0 Å². The minimum Gasteiger partial charge on any atom is -0.323 e. The Morgan fingerprint density at radius 2 is 2.15 bits per heavy atom. The van der Waals surface area contributed by atoms with Crippen LogP contribution in [0, 0.1) is 23.0 Å². The molecular formula is C18H22N4O5. The molecule has 0 radical (unpaired) electrons. The fourth-order valence-electron chi connectivity index (χ4n) is 3.87. The number of anilines is 1. The van der Waals surface area contributed by atoms with Crippen molar-refractivity contribution < 1.29 is 19.3 Å². The summed E-state index contributed by atoms with van der Waals surface area (Å²) in [5, 5.41) is 16.4. The third-order valence-electron chi connectivity index (χ3n) is 5.43. The van der Waals surface area contributed by atoms with Gasteiger partial charge in [-0.1, -0.05) is 25.8 Å². The van der Waals surface area contributed by atoms with Crippen molar-refractivity contribution in [3.8, 4) is 0 Å². The molecule has 4 amide bonds. The number of hydrogen-bond acceptors (Lipinski definition) is 5. The van der Waals surface area contributed by atoms with Gasteiger partial charge in [0.05, 0.1) is 4.92 Å². The van der Waals surface area contributed by atoms with Gasteiger partial charge in [-0.25, -0.2) is 4.79 Å². The molecule has 1 aromatic rings. The molecule has 2 atom stereocenters. The van der Waals surface area contributed by atoms with E-state index in [1.165, 1.54) is 12.1 Å². The Balaban J connectivity index is 1.74. The number of nitrogens with one attached hydrogen (secondary N) is 2. The average Bonchev–Trinajstić information content (AvgIpc) is 2.84. The van der Waals surface area contributed by atoms with Gasteiger partial charge >= 0.3 is 6.03 Å². The molecular weight excluding hydrogens is 352 g/mol. The van der Waals surface area contributed by atoms with Gasteiger partial charge in [-0.15, -0.1) is 0 Å². The normalized spacial score (nSPS) is 24.8. The summed E-state index contributed by atoms with van der Waals surface area (Å²) in [5.41, 5.74) is -0.464. The van der Waals surface area contributed by atoms with Crippen LogP contribution in [0.25, 0.3) is 0 Å².